The molecular formula is C15H27N3. The van der Waals surface area contributed by atoms with Crippen LogP contribution in [0.2, 0.25) is 0 Å². The van der Waals surface area contributed by atoms with E-state index in [1.165, 1.54) is 44.2 Å². The van der Waals surface area contributed by atoms with Crippen molar-refractivity contribution in [2.75, 3.05) is 7.05 Å². The molecule has 0 bridgehead atoms. The summed E-state index contributed by atoms with van der Waals surface area (Å²) in [6.45, 7) is 2.07. The van der Waals surface area contributed by atoms with Gasteiger partial charge >= 0.3 is 0 Å². The molecule has 1 aromatic heterocycles. The van der Waals surface area contributed by atoms with Crippen LogP contribution in [0.4, 0.5) is 0 Å². The van der Waals surface area contributed by atoms with Gasteiger partial charge in [0.1, 0.15) is 0 Å². The van der Waals surface area contributed by atoms with Crippen LogP contribution in [-0.2, 0) is 13.5 Å². The van der Waals surface area contributed by atoms with E-state index in [1.54, 1.807) is 0 Å². The summed E-state index contributed by atoms with van der Waals surface area (Å²) >= 11 is 0. The van der Waals surface area contributed by atoms with Crippen LogP contribution in [0.15, 0.2) is 6.07 Å². The van der Waals surface area contributed by atoms with Crippen molar-refractivity contribution in [2.24, 2.45) is 13.0 Å². The zero-order chi connectivity index (χ0) is 13.0. The molecule has 1 unspecified atom stereocenters. The zero-order valence-electron chi connectivity index (χ0n) is 12.1. The molecule has 1 heterocycles. The minimum Gasteiger partial charge on any atom is -0.316 e. The number of likely N-dealkylation sites (N-methyl/N-ethyl adjacent to an activating group) is 1. The summed E-state index contributed by atoms with van der Waals surface area (Å²) in [5.74, 6) is 0.840. The Balaban J connectivity index is 2.01. The lowest BCUT2D eigenvalue weighted by molar-refractivity contribution is 0.328. The second-order valence-corrected chi connectivity index (χ2v) is 5.75. The van der Waals surface area contributed by atoms with Crippen LogP contribution in [0.5, 0.6) is 0 Å². The molecule has 1 fully saturated rings. The first-order chi connectivity index (χ1) is 8.70. The lowest BCUT2D eigenvalue weighted by atomic mass is 9.89. The van der Waals surface area contributed by atoms with Crippen LogP contribution >= 0.6 is 0 Å². The summed E-state index contributed by atoms with van der Waals surface area (Å²) in [5.41, 5.74) is 2.49. The third kappa shape index (κ3) is 3.35. The van der Waals surface area contributed by atoms with Crippen molar-refractivity contribution in [3.05, 3.63) is 17.5 Å². The molecule has 1 aliphatic carbocycles. The minimum atomic E-state index is 0.609. The van der Waals surface area contributed by atoms with Gasteiger partial charge in [-0.05, 0) is 38.8 Å². The predicted octanol–water partition coefficient (Wildman–Crippen LogP) is 2.83. The van der Waals surface area contributed by atoms with Crippen LogP contribution in [0, 0.1) is 12.8 Å². The Bertz CT molecular complexity index is 362. The first-order valence-electron chi connectivity index (χ1n) is 7.37. The molecule has 1 aromatic rings. The highest BCUT2D eigenvalue weighted by Gasteiger charge is 2.22. The fourth-order valence-electron chi connectivity index (χ4n) is 3.30. The molecule has 0 aromatic carbocycles. The highest BCUT2D eigenvalue weighted by atomic mass is 15.3. The second-order valence-electron chi connectivity index (χ2n) is 5.75. The molecule has 0 aliphatic heterocycles. The molecule has 0 spiro atoms. The van der Waals surface area contributed by atoms with Crippen molar-refractivity contribution >= 4 is 0 Å². The summed E-state index contributed by atoms with van der Waals surface area (Å²) in [6.07, 6.45) is 9.57. The van der Waals surface area contributed by atoms with Crippen LogP contribution in [0.1, 0.15) is 49.9 Å². The molecule has 2 rings (SSSR count). The first kappa shape index (κ1) is 13.6. The van der Waals surface area contributed by atoms with Gasteiger partial charge in [0.25, 0.3) is 0 Å². The Kier molecular flexibility index (Phi) is 4.81. The van der Waals surface area contributed by atoms with E-state index in [9.17, 15) is 0 Å². The molecule has 102 valence electrons. The largest absolute Gasteiger partial charge is 0.316 e. The van der Waals surface area contributed by atoms with Crippen molar-refractivity contribution in [3.63, 3.8) is 0 Å². The number of rotatable bonds is 4. The molecule has 0 radical (unpaired) electrons. The first-order valence-corrected chi connectivity index (χ1v) is 7.37. The Morgan fingerprint density at radius 1 is 1.33 bits per heavy atom. The molecule has 1 aliphatic rings. The predicted molar refractivity (Wildman–Crippen MR) is 75.7 cm³/mol. The third-order valence-corrected chi connectivity index (χ3v) is 4.37. The van der Waals surface area contributed by atoms with E-state index < -0.39 is 0 Å². The molecule has 3 heteroatoms. The van der Waals surface area contributed by atoms with Gasteiger partial charge < -0.3 is 5.32 Å². The van der Waals surface area contributed by atoms with Crippen molar-refractivity contribution in [3.8, 4) is 0 Å². The van der Waals surface area contributed by atoms with Gasteiger partial charge in [0.15, 0.2) is 0 Å². The summed E-state index contributed by atoms with van der Waals surface area (Å²) in [5, 5.41) is 7.99. The summed E-state index contributed by atoms with van der Waals surface area (Å²) in [4.78, 5) is 0. The Morgan fingerprint density at radius 3 is 2.50 bits per heavy atom. The fourth-order valence-corrected chi connectivity index (χ4v) is 3.30. The Labute approximate surface area is 111 Å². The Hall–Kier alpha value is -0.830. The molecule has 0 saturated heterocycles. The topological polar surface area (TPSA) is 29.9 Å². The van der Waals surface area contributed by atoms with Gasteiger partial charge in [0.2, 0.25) is 0 Å². The van der Waals surface area contributed by atoms with E-state index in [-0.39, 0.29) is 0 Å². The maximum atomic E-state index is 4.45. The summed E-state index contributed by atoms with van der Waals surface area (Å²) in [7, 11) is 4.17. The summed E-state index contributed by atoms with van der Waals surface area (Å²) < 4.78 is 2.04. The molecule has 1 saturated carbocycles. The molecular weight excluding hydrogens is 222 g/mol. The fraction of sp³-hybridized carbons (Fsp3) is 0.800. The van der Waals surface area contributed by atoms with Crippen molar-refractivity contribution in [1.82, 2.24) is 15.1 Å². The number of nitrogens with zero attached hydrogens (tertiary/aromatic N) is 2. The van der Waals surface area contributed by atoms with Gasteiger partial charge in [-0.2, -0.15) is 5.10 Å². The lowest BCUT2D eigenvalue weighted by Crippen LogP contribution is -2.36. The Morgan fingerprint density at radius 2 is 2.00 bits per heavy atom. The van der Waals surface area contributed by atoms with E-state index in [0.717, 1.165) is 18.0 Å². The average Bonchev–Trinajstić information content (AvgIpc) is 2.59. The normalized spacial score (nSPS) is 19.7. The van der Waals surface area contributed by atoms with E-state index in [1.807, 2.05) is 4.68 Å². The monoisotopic (exact) mass is 249 g/mol. The highest BCUT2D eigenvalue weighted by Crippen LogP contribution is 2.27. The maximum absolute atomic E-state index is 4.45. The number of nitrogens with one attached hydrogen (secondary N) is 1. The van der Waals surface area contributed by atoms with Crippen LogP contribution in [-0.4, -0.2) is 22.9 Å². The van der Waals surface area contributed by atoms with Crippen molar-refractivity contribution in [2.45, 2.75) is 57.9 Å². The number of hydrogen-bond acceptors (Lipinski definition) is 2. The third-order valence-electron chi connectivity index (χ3n) is 4.37. The smallest absolute Gasteiger partial charge is 0.0596 e. The molecule has 0 amide bonds. The number of aryl methyl sites for hydroxylation is 2. The number of aromatic nitrogens is 2. The summed E-state index contributed by atoms with van der Waals surface area (Å²) in [6, 6.07) is 2.83. The average molecular weight is 249 g/mol. The SMILES string of the molecule is CNC(Cc1cc(C)nn1C)C1CCCCCC1. The number of hydrogen-bond donors (Lipinski definition) is 1. The van der Waals surface area contributed by atoms with Gasteiger partial charge in [-0.25, -0.2) is 0 Å². The van der Waals surface area contributed by atoms with Crippen LogP contribution in [0.3, 0.4) is 0 Å². The van der Waals surface area contributed by atoms with Crippen molar-refractivity contribution < 1.29 is 0 Å². The zero-order valence-corrected chi connectivity index (χ0v) is 12.1. The van der Waals surface area contributed by atoms with Crippen LogP contribution < -0.4 is 5.32 Å². The highest BCUT2D eigenvalue weighted by molar-refractivity contribution is 5.10. The lowest BCUT2D eigenvalue weighted by Gasteiger charge is -2.25. The second kappa shape index (κ2) is 6.37. The van der Waals surface area contributed by atoms with Crippen molar-refractivity contribution in [1.29, 1.82) is 0 Å². The van der Waals surface area contributed by atoms with E-state index in [0.29, 0.717) is 6.04 Å². The minimum absolute atomic E-state index is 0.609. The van der Waals surface area contributed by atoms with Gasteiger partial charge in [-0.15, -0.1) is 0 Å². The van der Waals surface area contributed by atoms with E-state index in [2.05, 4.69) is 37.5 Å². The van der Waals surface area contributed by atoms with Gasteiger partial charge in [-0.3, -0.25) is 4.68 Å². The maximum Gasteiger partial charge on any atom is 0.0596 e. The quantitative estimate of drug-likeness (QED) is 0.832. The van der Waals surface area contributed by atoms with Gasteiger partial charge in [0.05, 0.1) is 5.69 Å². The molecule has 3 nitrogen and oxygen atoms in total. The molecule has 18 heavy (non-hydrogen) atoms. The standard InChI is InChI=1S/C15H27N3/c1-12-10-14(18(3)17-12)11-15(16-2)13-8-6-4-5-7-9-13/h10,13,15-16H,4-9,11H2,1-3H3. The molecule has 1 N–H and O–H groups in total. The van der Waals surface area contributed by atoms with E-state index >= 15 is 0 Å². The van der Waals surface area contributed by atoms with Gasteiger partial charge in [-0.1, -0.05) is 25.7 Å². The van der Waals surface area contributed by atoms with E-state index in [4.69, 9.17) is 0 Å². The molecule has 1 atom stereocenters. The van der Waals surface area contributed by atoms with Crippen LogP contribution in [0.25, 0.3) is 0 Å². The van der Waals surface area contributed by atoms with Gasteiger partial charge in [0, 0.05) is 25.2 Å².